The van der Waals surface area contributed by atoms with Gasteiger partial charge < -0.3 is 15.1 Å². The first-order chi connectivity index (χ1) is 13.0. The summed E-state index contributed by atoms with van der Waals surface area (Å²) >= 11 is 5.90. The summed E-state index contributed by atoms with van der Waals surface area (Å²) in [7, 11) is 0. The molecule has 148 valence electrons. The molecule has 0 aromatic heterocycles. The van der Waals surface area contributed by atoms with Crippen molar-refractivity contribution in [2.75, 3.05) is 37.6 Å². The topological polar surface area (TPSA) is 52.7 Å². The van der Waals surface area contributed by atoms with Crippen LogP contribution in [-0.4, -0.2) is 49.4 Å². The molecular weight excluding hydrogens is 362 g/mol. The maximum atomic E-state index is 12.4. The summed E-state index contributed by atoms with van der Waals surface area (Å²) < 4.78 is 0. The van der Waals surface area contributed by atoms with E-state index in [9.17, 15) is 9.59 Å². The van der Waals surface area contributed by atoms with Crippen molar-refractivity contribution in [3.8, 4) is 0 Å². The number of rotatable bonds is 7. The van der Waals surface area contributed by atoms with E-state index in [-0.39, 0.29) is 24.2 Å². The first-order valence-electron chi connectivity index (χ1n) is 10.1. The molecule has 0 aliphatic carbocycles. The fourth-order valence-electron chi connectivity index (χ4n) is 3.86. The second-order valence-corrected chi connectivity index (χ2v) is 8.34. The van der Waals surface area contributed by atoms with Crippen LogP contribution in [0.2, 0.25) is 5.02 Å². The van der Waals surface area contributed by atoms with E-state index < -0.39 is 0 Å². The van der Waals surface area contributed by atoms with Gasteiger partial charge >= 0.3 is 0 Å². The van der Waals surface area contributed by atoms with Crippen LogP contribution < -0.4 is 10.2 Å². The highest BCUT2D eigenvalue weighted by Crippen LogP contribution is 2.26. The van der Waals surface area contributed by atoms with Gasteiger partial charge in [-0.1, -0.05) is 18.5 Å². The van der Waals surface area contributed by atoms with E-state index in [0.29, 0.717) is 18.1 Å². The maximum absolute atomic E-state index is 12.4. The number of amides is 2. The highest BCUT2D eigenvalue weighted by atomic mass is 35.5. The molecule has 2 heterocycles. The first kappa shape index (κ1) is 20.2. The van der Waals surface area contributed by atoms with Crippen LogP contribution in [0.15, 0.2) is 24.3 Å². The van der Waals surface area contributed by atoms with Crippen LogP contribution in [0.3, 0.4) is 0 Å². The molecule has 3 rings (SSSR count). The van der Waals surface area contributed by atoms with E-state index in [1.54, 1.807) is 17.0 Å². The monoisotopic (exact) mass is 391 g/mol. The molecule has 1 aromatic carbocycles. The normalized spacial score (nSPS) is 21.6. The summed E-state index contributed by atoms with van der Waals surface area (Å²) in [5.41, 5.74) is 0.801. The lowest BCUT2D eigenvalue weighted by Crippen LogP contribution is -2.35. The Hall–Kier alpha value is -1.59. The largest absolute Gasteiger partial charge is 0.356 e. The molecule has 0 spiro atoms. The number of carbonyl (C=O) groups is 2. The lowest BCUT2D eigenvalue weighted by molar-refractivity contribution is -0.126. The van der Waals surface area contributed by atoms with Gasteiger partial charge in [-0.05, 0) is 75.5 Å². The molecule has 2 aliphatic heterocycles. The van der Waals surface area contributed by atoms with Gasteiger partial charge in [0.25, 0.3) is 0 Å². The Kier molecular flexibility index (Phi) is 7.13. The van der Waals surface area contributed by atoms with Gasteiger partial charge in [0.15, 0.2) is 0 Å². The maximum Gasteiger partial charge on any atom is 0.227 e. The van der Waals surface area contributed by atoms with Crippen molar-refractivity contribution in [1.82, 2.24) is 10.2 Å². The van der Waals surface area contributed by atoms with E-state index in [2.05, 4.69) is 17.1 Å². The average Bonchev–Trinajstić information content (AvgIpc) is 3.05. The minimum atomic E-state index is -0.267. The van der Waals surface area contributed by atoms with Gasteiger partial charge in [-0.2, -0.15) is 0 Å². The first-order valence-corrected chi connectivity index (χ1v) is 10.5. The zero-order valence-corrected chi connectivity index (χ0v) is 16.9. The quantitative estimate of drug-likeness (QED) is 0.725. The molecule has 2 saturated heterocycles. The van der Waals surface area contributed by atoms with Crippen molar-refractivity contribution in [3.05, 3.63) is 29.3 Å². The van der Waals surface area contributed by atoms with Crippen LogP contribution in [0, 0.1) is 11.8 Å². The van der Waals surface area contributed by atoms with E-state index in [1.807, 2.05) is 12.1 Å². The Balaban J connectivity index is 1.35. The minimum absolute atomic E-state index is 0.00296. The lowest BCUT2D eigenvalue weighted by Gasteiger charge is -2.30. The van der Waals surface area contributed by atoms with Gasteiger partial charge in [0.05, 0.1) is 5.92 Å². The lowest BCUT2D eigenvalue weighted by atomic mass is 9.99. The molecule has 5 nitrogen and oxygen atoms in total. The number of unbranched alkanes of at least 4 members (excludes halogenated alkanes) is 1. The van der Waals surface area contributed by atoms with Crippen molar-refractivity contribution < 1.29 is 9.59 Å². The van der Waals surface area contributed by atoms with Crippen molar-refractivity contribution in [2.45, 2.75) is 39.0 Å². The fourth-order valence-corrected chi connectivity index (χ4v) is 3.98. The van der Waals surface area contributed by atoms with Crippen molar-refractivity contribution >= 4 is 29.1 Å². The number of halogens is 1. The number of hydrogen-bond acceptors (Lipinski definition) is 3. The molecule has 1 aromatic rings. The number of carbonyl (C=O) groups excluding carboxylic acids is 2. The van der Waals surface area contributed by atoms with Crippen LogP contribution in [0.1, 0.15) is 39.0 Å². The highest BCUT2D eigenvalue weighted by Gasteiger charge is 2.34. The van der Waals surface area contributed by atoms with E-state index in [1.165, 1.54) is 25.9 Å². The number of nitrogens with one attached hydrogen (secondary N) is 1. The molecular formula is C21H30ClN3O2. The second-order valence-electron chi connectivity index (χ2n) is 7.90. The van der Waals surface area contributed by atoms with Gasteiger partial charge in [-0.3, -0.25) is 9.59 Å². The van der Waals surface area contributed by atoms with Crippen LogP contribution in [-0.2, 0) is 9.59 Å². The Labute approximate surface area is 167 Å². The Morgan fingerprint density at radius 3 is 2.59 bits per heavy atom. The third kappa shape index (κ3) is 5.69. The molecule has 6 heteroatoms. The molecule has 0 radical (unpaired) electrons. The summed E-state index contributed by atoms with van der Waals surface area (Å²) in [5, 5.41) is 3.65. The van der Waals surface area contributed by atoms with Gasteiger partial charge in [0.1, 0.15) is 0 Å². The number of piperidine rings is 1. The average molecular weight is 392 g/mol. The fraction of sp³-hybridized carbons (Fsp3) is 0.619. The number of benzene rings is 1. The summed E-state index contributed by atoms with van der Waals surface area (Å²) in [6.45, 7) is 6.99. The van der Waals surface area contributed by atoms with Crippen molar-refractivity contribution in [3.63, 3.8) is 0 Å². The van der Waals surface area contributed by atoms with Crippen LogP contribution in [0.25, 0.3) is 0 Å². The van der Waals surface area contributed by atoms with E-state index in [0.717, 1.165) is 31.0 Å². The molecule has 0 saturated carbocycles. The predicted molar refractivity (Wildman–Crippen MR) is 109 cm³/mol. The summed E-state index contributed by atoms with van der Waals surface area (Å²) in [4.78, 5) is 28.9. The minimum Gasteiger partial charge on any atom is -0.356 e. The number of hydrogen-bond donors (Lipinski definition) is 1. The predicted octanol–water partition coefficient (Wildman–Crippen LogP) is 3.32. The molecule has 2 aliphatic rings. The zero-order chi connectivity index (χ0) is 19.2. The number of nitrogens with zero attached hydrogens (tertiary/aromatic N) is 2. The summed E-state index contributed by atoms with van der Waals surface area (Å²) in [6, 6.07) is 7.17. The third-order valence-corrected chi connectivity index (χ3v) is 5.96. The van der Waals surface area contributed by atoms with Crippen LogP contribution in [0.4, 0.5) is 5.69 Å². The summed E-state index contributed by atoms with van der Waals surface area (Å²) in [6.07, 6.45) is 4.97. The highest BCUT2D eigenvalue weighted by molar-refractivity contribution is 6.30. The second kappa shape index (κ2) is 9.56. The van der Waals surface area contributed by atoms with Crippen LogP contribution >= 0.6 is 11.6 Å². The smallest absolute Gasteiger partial charge is 0.227 e. The Morgan fingerprint density at radius 1 is 1.19 bits per heavy atom. The van der Waals surface area contributed by atoms with E-state index >= 15 is 0 Å². The molecule has 2 amide bonds. The van der Waals surface area contributed by atoms with Crippen molar-refractivity contribution in [2.24, 2.45) is 11.8 Å². The Bertz CT molecular complexity index is 641. The Morgan fingerprint density at radius 2 is 1.89 bits per heavy atom. The number of likely N-dealkylation sites (tertiary alicyclic amines) is 1. The SMILES string of the molecule is CC1CCN(CCCCNC(=O)C2CC(=O)N(c3ccc(Cl)cc3)C2)CC1. The molecule has 1 unspecified atom stereocenters. The summed E-state index contributed by atoms with van der Waals surface area (Å²) in [5.74, 6) is 0.585. The standard InChI is InChI=1S/C21H30ClN3O2/c1-16-8-12-24(13-9-16)11-3-2-10-23-21(27)17-14-20(26)25(15-17)19-6-4-18(22)5-7-19/h4-7,16-17H,2-3,8-15H2,1H3,(H,23,27). The number of anilines is 1. The van der Waals surface area contributed by atoms with Gasteiger partial charge in [-0.25, -0.2) is 0 Å². The molecule has 0 bridgehead atoms. The third-order valence-electron chi connectivity index (χ3n) is 5.71. The zero-order valence-electron chi connectivity index (χ0n) is 16.1. The molecule has 1 N–H and O–H groups in total. The van der Waals surface area contributed by atoms with Crippen LogP contribution in [0.5, 0.6) is 0 Å². The van der Waals surface area contributed by atoms with Crippen molar-refractivity contribution in [1.29, 1.82) is 0 Å². The van der Waals surface area contributed by atoms with Gasteiger partial charge in [-0.15, -0.1) is 0 Å². The van der Waals surface area contributed by atoms with E-state index in [4.69, 9.17) is 11.6 Å². The molecule has 1 atom stereocenters. The molecule has 2 fully saturated rings. The molecule has 27 heavy (non-hydrogen) atoms. The van der Waals surface area contributed by atoms with Gasteiger partial charge in [0.2, 0.25) is 11.8 Å². The van der Waals surface area contributed by atoms with Gasteiger partial charge in [0, 0.05) is 30.2 Å².